The Bertz CT molecular complexity index is 1290. The van der Waals surface area contributed by atoms with Crippen molar-refractivity contribution in [3.8, 4) is 11.3 Å². The first kappa shape index (κ1) is 20.3. The number of hydrogen-bond acceptors (Lipinski definition) is 3. The summed E-state index contributed by atoms with van der Waals surface area (Å²) in [6.45, 7) is 0. The summed E-state index contributed by atoms with van der Waals surface area (Å²) in [6.07, 6.45) is -4.73. The van der Waals surface area contributed by atoms with E-state index < -0.39 is 38.3 Å². The highest BCUT2D eigenvalue weighted by molar-refractivity contribution is 7.90. The summed E-state index contributed by atoms with van der Waals surface area (Å²) in [4.78, 5) is 11.5. The van der Waals surface area contributed by atoms with Crippen LogP contribution in [0.3, 0.4) is 0 Å². The van der Waals surface area contributed by atoms with Gasteiger partial charge in [0.2, 0.25) is 0 Å². The topological polar surface area (TPSA) is 56.1 Å². The predicted molar refractivity (Wildman–Crippen MR) is 96.5 cm³/mol. The predicted octanol–water partition coefficient (Wildman–Crippen LogP) is 4.82. The SMILES string of the molecule is O=C1CCc2c1cc(-c1ccc(F)cc1F)n2S(=O)(=O)c1cccc(C(F)(F)F)c1. The van der Waals surface area contributed by atoms with Gasteiger partial charge in [0, 0.05) is 29.3 Å². The Balaban J connectivity index is 1.99. The molecule has 0 radical (unpaired) electrons. The van der Waals surface area contributed by atoms with Gasteiger partial charge in [-0.3, -0.25) is 4.79 Å². The molecule has 2 aromatic carbocycles. The van der Waals surface area contributed by atoms with Gasteiger partial charge in [0.25, 0.3) is 10.0 Å². The van der Waals surface area contributed by atoms with E-state index in [1.807, 2.05) is 0 Å². The molecule has 156 valence electrons. The Kier molecular flexibility index (Phi) is 4.57. The fourth-order valence-electron chi connectivity index (χ4n) is 3.47. The summed E-state index contributed by atoms with van der Waals surface area (Å²) in [7, 11) is -4.63. The molecule has 0 unspecified atom stereocenters. The van der Waals surface area contributed by atoms with E-state index in [1.54, 1.807) is 0 Å². The largest absolute Gasteiger partial charge is 0.416 e. The van der Waals surface area contributed by atoms with Gasteiger partial charge in [-0.2, -0.15) is 13.2 Å². The first-order valence-corrected chi connectivity index (χ1v) is 10.1. The zero-order valence-corrected chi connectivity index (χ0v) is 15.8. The minimum Gasteiger partial charge on any atom is -0.294 e. The van der Waals surface area contributed by atoms with Gasteiger partial charge in [-0.1, -0.05) is 6.07 Å². The summed E-state index contributed by atoms with van der Waals surface area (Å²) in [5.41, 5.74) is -1.63. The quantitative estimate of drug-likeness (QED) is 0.548. The summed E-state index contributed by atoms with van der Waals surface area (Å²) in [6, 6.07) is 6.79. The Hall–Kier alpha value is -3.01. The first-order chi connectivity index (χ1) is 14.0. The van der Waals surface area contributed by atoms with Crippen molar-refractivity contribution in [3.63, 3.8) is 0 Å². The number of alkyl halides is 3. The molecule has 0 saturated carbocycles. The number of nitrogens with zero attached hydrogens (tertiary/aromatic N) is 1. The highest BCUT2D eigenvalue weighted by Crippen LogP contribution is 2.37. The van der Waals surface area contributed by atoms with E-state index in [4.69, 9.17) is 0 Å². The van der Waals surface area contributed by atoms with Crippen LogP contribution >= 0.6 is 0 Å². The third-order valence-corrected chi connectivity index (χ3v) is 6.60. The Labute approximate surface area is 167 Å². The van der Waals surface area contributed by atoms with Gasteiger partial charge in [0.05, 0.1) is 16.2 Å². The Morgan fingerprint density at radius 2 is 1.63 bits per heavy atom. The standard InChI is InChI=1S/C20H12F5NO3S/c21-12-4-5-14(16(22)9-12)18-10-15-17(6-7-19(15)27)26(18)30(28,29)13-3-1-2-11(8-13)20(23,24)25/h1-5,8-10H,6-7H2. The van der Waals surface area contributed by atoms with Gasteiger partial charge < -0.3 is 0 Å². The van der Waals surface area contributed by atoms with E-state index in [0.29, 0.717) is 16.1 Å². The third kappa shape index (κ3) is 3.20. The first-order valence-electron chi connectivity index (χ1n) is 8.66. The maximum Gasteiger partial charge on any atom is 0.416 e. The van der Waals surface area contributed by atoms with Crippen LogP contribution in [0.25, 0.3) is 11.3 Å². The van der Waals surface area contributed by atoms with Crippen molar-refractivity contribution in [2.75, 3.05) is 0 Å². The molecule has 0 amide bonds. The molecule has 1 aromatic heterocycles. The second-order valence-electron chi connectivity index (χ2n) is 6.73. The molecule has 0 bridgehead atoms. The zero-order valence-electron chi connectivity index (χ0n) is 15.0. The number of rotatable bonds is 3. The van der Waals surface area contributed by atoms with E-state index >= 15 is 0 Å². The minimum atomic E-state index is -4.77. The maximum absolute atomic E-state index is 14.4. The lowest BCUT2D eigenvalue weighted by atomic mass is 10.1. The molecule has 0 aliphatic heterocycles. The lowest BCUT2D eigenvalue weighted by Crippen LogP contribution is -2.18. The number of carbonyl (C=O) groups is 1. The second kappa shape index (κ2) is 6.76. The van der Waals surface area contributed by atoms with Crippen LogP contribution in [0.4, 0.5) is 22.0 Å². The number of carbonyl (C=O) groups excluding carboxylic acids is 1. The van der Waals surface area contributed by atoms with E-state index in [9.17, 15) is 35.2 Å². The van der Waals surface area contributed by atoms with Crippen LogP contribution in [-0.2, 0) is 22.6 Å². The van der Waals surface area contributed by atoms with Crippen LogP contribution in [0.15, 0.2) is 53.4 Å². The molecule has 0 atom stereocenters. The lowest BCUT2D eigenvalue weighted by Gasteiger charge is -2.15. The molecular formula is C20H12F5NO3S. The fraction of sp³-hybridized carbons (Fsp3) is 0.150. The van der Waals surface area contributed by atoms with Crippen LogP contribution in [0, 0.1) is 11.6 Å². The number of hydrogen-bond donors (Lipinski definition) is 0. The van der Waals surface area contributed by atoms with Crippen molar-refractivity contribution in [2.24, 2.45) is 0 Å². The van der Waals surface area contributed by atoms with Crippen LogP contribution < -0.4 is 0 Å². The fourth-order valence-corrected chi connectivity index (χ4v) is 5.10. The maximum atomic E-state index is 14.4. The van der Waals surface area contributed by atoms with Crippen LogP contribution in [0.5, 0.6) is 0 Å². The molecule has 1 heterocycles. The average molecular weight is 441 g/mol. The highest BCUT2D eigenvalue weighted by Gasteiger charge is 2.35. The lowest BCUT2D eigenvalue weighted by molar-refractivity contribution is -0.137. The van der Waals surface area contributed by atoms with Crippen molar-refractivity contribution in [3.05, 3.63) is 77.0 Å². The summed E-state index contributed by atoms with van der Waals surface area (Å²) >= 11 is 0. The summed E-state index contributed by atoms with van der Waals surface area (Å²) < 4.78 is 94.2. The molecular weight excluding hydrogens is 429 g/mol. The van der Waals surface area contributed by atoms with E-state index in [1.165, 1.54) is 6.07 Å². The number of aromatic nitrogens is 1. The van der Waals surface area contributed by atoms with Gasteiger partial charge in [0.15, 0.2) is 5.78 Å². The summed E-state index contributed by atoms with van der Waals surface area (Å²) in [5.74, 6) is -2.33. The van der Waals surface area contributed by atoms with E-state index in [2.05, 4.69) is 0 Å². The van der Waals surface area contributed by atoms with Gasteiger partial charge in [-0.25, -0.2) is 21.2 Å². The third-order valence-electron chi connectivity index (χ3n) is 4.85. The van der Waals surface area contributed by atoms with Crippen molar-refractivity contribution >= 4 is 15.8 Å². The number of fused-ring (bicyclic) bond motifs is 1. The Morgan fingerprint density at radius 1 is 0.900 bits per heavy atom. The zero-order chi connectivity index (χ0) is 21.8. The molecule has 1 aliphatic carbocycles. The molecule has 0 spiro atoms. The molecule has 4 rings (SSSR count). The minimum absolute atomic E-state index is 0.0228. The van der Waals surface area contributed by atoms with E-state index in [-0.39, 0.29) is 41.1 Å². The molecule has 10 heteroatoms. The smallest absolute Gasteiger partial charge is 0.294 e. The van der Waals surface area contributed by atoms with Crippen molar-refractivity contribution in [1.82, 2.24) is 3.97 Å². The second-order valence-corrected chi connectivity index (χ2v) is 8.52. The molecule has 30 heavy (non-hydrogen) atoms. The molecule has 0 fully saturated rings. The average Bonchev–Trinajstić information content (AvgIpc) is 3.21. The van der Waals surface area contributed by atoms with Crippen molar-refractivity contribution in [2.45, 2.75) is 23.9 Å². The van der Waals surface area contributed by atoms with Crippen LogP contribution in [0.2, 0.25) is 0 Å². The normalized spacial score (nSPS) is 14.2. The van der Waals surface area contributed by atoms with E-state index in [0.717, 1.165) is 30.3 Å². The van der Waals surface area contributed by atoms with Crippen LogP contribution in [0.1, 0.15) is 28.0 Å². The molecule has 1 aliphatic rings. The Morgan fingerprint density at radius 3 is 2.30 bits per heavy atom. The number of benzene rings is 2. The van der Waals surface area contributed by atoms with Crippen LogP contribution in [-0.4, -0.2) is 18.2 Å². The van der Waals surface area contributed by atoms with Gasteiger partial charge in [-0.05, 0) is 42.8 Å². The van der Waals surface area contributed by atoms with Crippen molar-refractivity contribution in [1.29, 1.82) is 0 Å². The van der Waals surface area contributed by atoms with Crippen molar-refractivity contribution < 1.29 is 35.2 Å². The number of Topliss-reactive ketones (excluding diaryl/α,β-unsaturated/α-hetero) is 1. The van der Waals surface area contributed by atoms with Gasteiger partial charge in [0.1, 0.15) is 11.6 Å². The number of ketones is 1. The monoisotopic (exact) mass is 441 g/mol. The molecule has 4 nitrogen and oxygen atoms in total. The van der Waals surface area contributed by atoms with Gasteiger partial charge >= 0.3 is 6.18 Å². The molecule has 0 N–H and O–H groups in total. The molecule has 0 saturated heterocycles. The number of halogens is 5. The molecule has 3 aromatic rings. The van der Waals surface area contributed by atoms with Gasteiger partial charge in [-0.15, -0.1) is 0 Å². The summed E-state index contributed by atoms with van der Waals surface area (Å²) in [5, 5.41) is 0. The highest BCUT2D eigenvalue weighted by atomic mass is 32.2.